The van der Waals surface area contributed by atoms with Gasteiger partial charge in [-0.2, -0.15) is 0 Å². The standard InChI is InChI=1S/C16H28N4OS.HI/c1-5-17-16(20(4)10-14-7-9-21-11-14)18-8-6-15-12(2)19-13(3)22-15;/h14H,5-11H2,1-4H3,(H,17,18);1H. The first kappa shape index (κ1) is 20.6. The molecular weight excluding hydrogens is 423 g/mol. The first-order valence-corrected chi connectivity index (χ1v) is 8.92. The number of aryl methyl sites for hydroxylation is 2. The van der Waals surface area contributed by atoms with E-state index in [9.17, 15) is 0 Å². The Bertz CT molecular complexity index is 500. The van der Waals surface area contributed by atoms with Crippen LogP contribution in [0.5, 0.6) is 0 Å². The first-order chi connectivity index (χ1) is 10.6. The van der Waals surface area contributed by atoms with E-state index in [1.54, 1.807) is 11.3 Å². The molecular formula is C16H29IN4OS. The number of hydrogen-bond acceptors (Lipinski definition) is 4. The Morgan fingerprint density at radius 1 is 1.48 bits per heavy atom. The van der Waals surface area contributed by atoms with Gasteiger partial charge in [-0.25, -0.2) is 4.98 Å². The van der Waals surface area contributed by atoms with Gasteiger partial charge in [0.15, 0.2) is 5.96 Å². The molecule has 132 valence electrons. The van der Waals surface area contributed by atoms with Crippen LogP contribution >= 0.6 is 35.3 Å². The lowest BCUT2D eigenvalue weighted by Gasteiger charge is -2.24. The minimum absolute atomic E-state index is 0. The molecule has 1 aromatic heterocycles. The van der Waals surface area contributed by atoms with Gasteiger partial charge in [0.2, 0.25) is 0 Å². The number of rotatable bonds is 6. The molecule has 5 nitrogen and oxygen atoms in total. The molecule has 0 aromatic carbocycles. The summed E-state index contributed by atoms with van der Waals surface area (Å²) < 4.78 is 5.46. The highest BCUT2D eigenvalue weighted by Gasteiger charge is 2.19. The normalized spacial score (nSPS) is 17.9. The summed E-state index contributed by atoms with van der Waals surface area (Å²) in [5, 5.41) is 4.53. The summed E-state index contributed by atoms with van der Waals surface area (Å²) in [7, 11) is 2.11. The van der Waals surface area contributed by atoms with Crippen molar-refractivity contribution >= 4 is 41.3 Å². The summed E-state index contributed by atoms with van der Waals surface area (Å²) >= 11 is 1.78. The highest BCUT2D eigenvalue weighted by Crippen LogP contribution is 2.17. The fraction of sp³-hybridized carbons (Fsp3) is 0.750. The lowest BCUT2D eigenvalue weighted by molar-refractivity contribution is 0.181. The van der Waals surface area contributed by atoms with Crippen molar-refractivity contribution in [3.63, 3.8) is 0 Å². The average molecular weight is 452 g/mol. The van der Waals surface area contributed by atoms with Crippen molar-refractivity contribution in [1.29, 1.82) is 0 Å². The summed E-state index contributed by atoms with van der Waals surface area (Å²) in [6.07, 6.45) is 2.12. The Kier molecular flexibility index (Phi) is 9.38. The molecule has 1 unspecified atom stereocenters. The van der Waals surface area contributed by atoms with E-state index >= 15 is 0 Å². The van der Waals surface area contributed by atoms with Gasteiger partial charge in [-0.1, -0.05) is 0 Å². The van der Waals surface area contributed by atoms with Crippen LogP contribution < -0.4 is 5.32 Å². The van der Waals surface area contributed by atoms with Crippen LogP contribution in [-0.4, -0.2) is 55.7 Å². The highest BCUT2D eigenvalue weighted by molar-refractivity contribution is 14.0. The summed E-state index contributed by atoms with van der Waals surface area (Å²) in [5.74, 6) is 1.62. The number of ether oxygens (including phenoxy) is 1. The van der Waals surface area contributed by atoms with Crippen LogP contribution in [0, 0.1) is 19.8 Å². The van der Waals surface area contributed by atoms with E-state index in [1.165, 1.54) is 4.88 Å². The number of hydrogen-bond donors (Lipinski definition) is 1. The molecule has 1 atom stereocenters. The third-order valence-electron chi connectivity index (χ3n) is 3.85. The maximum absolute atomic E-state index is 5.46. The molecule has 1 fully saturated rings. The van der Waals surface area contributed by atoms with Crippen LogP contribution in [0.25, 0.3) is 0 Å². The number of halogens is 1. The zero-order chi connectivity index (χ0) is 15.9. The molecule has 1 aliphatic rings. The molecule has 0 saturated carbocycles. The molecule has 2 rings (SSSR count). The van der Waals surface area contributed by atoms with Gasteiger partial charge in [0.1, 0.15) is 0 Å². The molecule has 1 N–H and O–H groups in total. The molecule has 7 heteroatoms. The Morgan fingerprint density at radius 2 is 2.26 bits per heavy atom. The SMILES string of the molecule is CCNC(=NCCc1sc(C)nc1C)N(C)CC1CCOC1.I. The Balaban J connectivity index is 0.00000264. The van der Waals surface area contributed by atoms with Crippen molar-refractivity contribution in [2.24, 2.45) is 10.9 Å². The predicted octanol–water partition coefficient (Wildman–Crippen LogP) is 2.85. The van der Waals surface area contributed by atoms with Crippen LogP contribution in [0.3, 0.4) is 0 Å². The topological polar surface area (TPSA) is 49.8 Å². The van der Waals surface area contributed by atoms with E-state index in [-0.39, 0.29) is 24.0 Å². The molecule has 0 amide bonds. The maximum atomic E-state index is 5.46. The Hall–Kier alpha value is -0.410. The monoisotopic (exact) mass is 452 g/mol. The van der Waals surface area contributed by atoms with Gasteiger partial charge in [0.25, 0.3) is 0 Å². The second-order valence-electron chi connectivity index (χ2n) is 5.84. The molecule has 0 radical (unpaired) electrons. The summed E-state index contributed by atoms with van der Waals surface area (Å²) in [5.41, 5.74) is 1.15. The van der Waals surface area contributed by atoms with Crippen LogP contribution in [0.15, 0.2) is 4.99 Å². The minimum atomic E-state index is 0. The van der Waals surface area contributed by atoms with Crippen LogP contribution in [-0.2, 0) is 11.2 Å². The van der Waals surface area contributed by atoms with E-state index in [0.717, 1.165) is 62.4 Å². The molecule has 1 saturated heterocycles. The summed E-state index contributed by atoms with van der Waals surface area (Å²) in [6, 6.07) is 0. The average Bonchev–Trinajstić information content (AvgIpc) is 3.08. The van der Waals surface area contributed by atoms with E-state index in [2.05, 4.69) is 43.0 Å². The Labute approximate surface area is 160 Å². The van der Waals surface area contributed by atoms with Crippen molar-refractivity contribution in [1.82, 2.24) is 15.2 Å². The molecule has 2 heterocycles. The van der Waals surface area contributed by atoms with Crippen molar-refractivity contribution in [2.75, 3.05) is 39.9 Å². The predicted molar refractivity (Wildman–Crippen MR) is 108 cm³/mol. The zero-order valence-electron chi connectivity index (χ0n) is 14.6. The highest BCUT2D eigenvalue weighted by atomic mass is 127. The minimum Gasteiger partial charge on any atom is -0.381 e. The van der Waals surface area contributed by atoms with Crippen LogP contribution in [0.4, 0.5) is 0 Å². The smallest absolute Gasteiger partial charge is 0.193 e. The van der Waals surface area contributed by atoms with Gasteiger partial charge in [0, 0.05) is 50.5 Å². The second kappa shape index (κ2) is 10.5. The van der Waals surface area contributed by atoms with E-state index in [0.29, 0.717) is 5.92 Å². The van der Waals surface area contributed by atoms with Crippen molar-refractivity contribution in [3.05, 3.63) is 15.6 Å². The quantitative estimate of drug-likeness (QED) is 0.410. The molecule has 0 aliphatic carbocycles. The Morgan fingerprint density at radius 3 is 2.83 bits per heavy atom. The third kappa shape index (κ3) is 6.54. The van der Waals surface area contributed by atoms with Gasteiger partial charge in [-0.15, -0.1) is 35.3 Å². The number of aliphatic imine (C=N–C) groups is 1. The fourth-order valence-corrected chi connectivity index (χ4v) is 3.67. The zero-order valence-corrected chi connectivity index (χ0v) is 17.7. The molecule has 1 aromatic rings. The van der Waals surface area contributed by atoms with Crippen molar-refractivity contribution in [2.45, 2.75) is 33.6 Å². The van der Waals surface area contributed by atoms with Gasteiger partial charge < -0.3 is 15.0 Å². The lowest BCUT2D eigenvalue weighted by Crippen LogP contribution is -2.41. The number of nitrogens with one attached hydrogen (secondary N) is 1. The second-order valence-corrected chi connectivity index (χ2v) is 7.13. The van der Waals surface area contributed by atoms with Crippen molar-refractivity contribution < 1.29 is 4.74 Å². The van der Waals surface area contributed by atoms with Crippen LogP contribution in [0.1, 0.15) is 28.9 Å². The first-order valence-electron chi connectivity index (χ1n) is 8.10. The number of thiazole rings is 1. The number of nitrogens with zero attached hydrogens (tertiary/aromatic N) is 3. The van der Waals surface area contributed by atoms with Gasteiger partial charge in [0.05, 0.1) is 17.3 Å². The molecule has 0 spiro atoms. The lowest BCUT2D eigenvalue weighted by atomic mass is 10.1. The largest absolute Gasteiger partial charge is 0.381 e. The van der Waals surface area contributed by atoms with E-state index in [1.807, 2.05) is 0 Å². The fourth-order valence-electron chi connectivity index (χ4n) is 2.74. The molecule has 23 heavy (non-hydrogen) atoms. The molecule has 1 aliphatic heterocycles. The van der Waals surface area contributed by atoms with Gasteiger partial charge in [-0.3, -0.25) is 4.99 Å². The van der Waals surface area contributed by atoms with Gasteiger partial charge >= 0.3 is 0 Å². The van der Waals surface area contributed by atoms with Crippen LogP contribution in [0.2, 0.25) is 0 Å². The number of guanidine groups is 1. The summed E-state index contributed by atoms with van der Waals surface area (Å²) in [4.78, 5) is 12.8. The van der Waals surface area contributed by atoms with Crippen molar-refractivity contribution in [3.8, 4) is 0 Å². The van der Waals surface area contributed by atoms with E-state index in [4.69, 9.17) is 9.73 Å². The summed E-state index contributed by atoms with van der Waals surface area (Å²) in [6.45, 7) is 10.7. The number of aromatic nitrogens is 1. The van der Waals surface area contributed by atoms with Gasteiger partial charge in [-0.05, 0) is 27.2 Å². The maximum Gasteiger partial charge on any atom is 0.193 e. The molecule has 0 bridgehead atoms. The van der Waals surface area contributed by atoms with E-state index < -0.39 is 0 Å². The third-order valence-corrected chi connectivity index (χ3v) is 4.99.